The summed E-state index contributed by atoms with van der Waals surface area (Å²) in [6, 6.07) is 0. The fraction of sp³-hybridized carbons (Fsp3) is 0. The normalized spacial score (nSPS) is 9.69. The molecule has 8 heteroatoms. The molecule has 0 bridgehead atoms. The molecule has 0 atom stereocenters. The van der Waals surface area contributed by atoms with E-state index < -0.39 is 23.5 Å². The third kappa shape index (κ3) is 5.39. The number of carbonyl (C=O) groups excluding carboxylic acids is 1. The Morgan fingerprint density at radius 1 is 1.15 bits per heavy atom. The molecule has 0 aliphatic heterocycles. The number of aliphatic carboxylic acids is 1. The molecular weight excluding hydrogens is 309 g/mol. The summed E-state index contributed by atoms with van der Waals surface area (Å²) in [5, 5.41) is 25.6. The van der Waals surface area contributed by atoms with Crippen LogP contribution >= 0.6 is 0 Å². The average Bonchev–Trinajstić information content (AvgIpc) is 1.85. The Bertz CT molecular complexity index is 260. The van der Waals surface area contributed by atoms with Crippen molar-refractivity contribution >= 4 is 18.0 Å². The summed E-state index contributed by atoms with van der Waals surface area (Å²) < 4.78 is 0. The van der Waals surface area contributed by atoms with Crippen LogP contribution in [0.3, 0.4) is 0 Å². The first-order valence-electron chi connectivity index (χ1n) is 2.61. The van der Waals surface area contributed by atoms with E-state index in [1.54, 1.807) is 0 Å². The van der Waals surface area contributed by atoms with Gasteiger partial charge in [-0.05, 0) is 0 Å². The Kier molecular flexibility index (Phi) is 7.48. The summed E-state index contributed by atoms with van der Waals surface area (Å²) in [5.74, 6) is -3.10. The standard InChI is InChI=1S/C5H5NO6.La/c7-1-2(4(9)10)3(8)6-5(11)12;/h1,7H,(H,6,8)(H,9,10)(H,11,12);/b2-1+;. The molecule has 0 saturated heterocycles. The van der Waals surface area contributed by atoms with Gasteiger partial charge in [0, 0.05) is 35.6 Å². The number of amides is 2. The van der Waals surface area contributed by atoms with Gasteiger partial charge in [0.2, 0.25) is 0 Å². The summed E-state index contributed by atoms with van der Waals surface area (Å²) >= 11 is 0. The topological polar surface area (TPSA) is 124 Å². The quantitative estimate of drug-likeness (QED) is 0.231. The molecule has 0 unspecified atom stereocenters. The maximum Gasteiger partial charge on any atom is 0.411 e. The van der Waals surface area contributed by atoms with Crippen molar-refractivity contribution in [2.75, 3.05) is 0 Å². The number of aliphatic hydroxyl groups excluding tert-OH is 1. The molecule has 0 aromatic carbocycles. The van der Waals surface area contributed by atoms with Gasteiger partial charge in [-0.3, -0.25) is 10.1 Å². The minimum absolute atomic E-state index is 0. The van der Waals surface area contributed by atoms with Gasteiger partial charge in [0.15, 0.2) is 5.57 Å². The average molecular weight is 314 g/mol. The molecule has 2 amide bonds. The van der Waals surface area contributed by atoms with E-state index in [1.807, 2.05) is 0 Å². The molecule has 0 saturated carbocycles. The summed E-state index contributed by atoms with van der Waals surface area (Å²) in [5.41, 5.74) is -1.04. The molecule has 0 rings (SSSR count). The summed E-state index contributed by atoms with van der Waals surface area (Å²) in [6.07, 6.45) is -1.68. The Balaban J connectivity index is 0. The predicted octanol–water partition coefficient (Wildman–Crippen LogP) is -0.693. The summed E-state index contributed by atoms with van der Waals surface area (Å²) in [4.78, 5) is 30.4. The van der Waals surface area contributed by atoms with Gasteiger partial charge in [-0.15, -0.1) is 0 Å². The van der Waals surface area contributed by atoms with E-state index in [4.69, 9.17) is 15.3 Å². The van der Waals surface area contributed by atoms with Crippen molar-refractivity contribution in [2.24, 2.45) is 0 Å². The van der Waals surface area contributed by atoms with E-state index in [1.165, 1.54) is 5.32 Å². The maximum atomic E-state index is 10.5. The van der Waals surface area contributed by atoms with Crippen LogP contribution in [-0.2, 0) is 9.59 Å². The van der Waals surface area contributed by atoms with Crippen LogP contribution in [0.15, 0.2) is 11.8 Å². The van der Waals surface area contributed by atoms with Gasteiger partial charge in [0.1, 0.15) is 0 Å². The van der Waals surface area contributed by atoms with Gasteiger partial charge in [-0.25, -0.2) is 9.59 Å². The smallest absolute Gasteiger partial charge is 0.411 e. The molecule has 69 valence electrons. The van der Waals surface area contributed by atoms with E-state index in [-0.39, 0.29) is 41.9 Å². The zero-order valence-electron chi connectivity index (χ0n) is 6.22. The Morgan fingerprint density at radius 2 is 1.62 bits per heavy atom. The van der Waals surface area contributed by atoms with Crippen LogP contribution in [-0.4, -0.2) is 33.3 Å². The monoisotopic (exact) mass is 314 g/mol. The first-order chi connectivity index (χ1) is 5.49. The fourth-order valence-electron chi connectivity index (χ4n) is 0.375. The van der Waals surface area contributed by atoms with Gasteiger partial charge < -0.3 is 15.3 Å². The second-order valence-corrected chi connectivity index (χ2v) is 1.61. The molecule has 0 aliphatic rings. The van der Waals surface area contributed by atoms with Crippen molar-refractivity contribution in [3.8, 4) is 0 Å². The van der Waals surface area contributed by atoms with E-state index in [2.05, 4.69) is 0 Å². The molecule has 0 fully saturated rings. The molecule has 0 heterocycles. The van der Waals surface area contributed by atoms with Crippen LogP contribution in [0.25, 0.3) is 0 Å². The van der Waals surface area contributed by atoms with Crippen LogP contribution < -0.4 is 5.32 Å². The summed E-state index contributed by atoms with van der Waals surface area (Å²) in [7, 11) is 0. The van der Waals surface area contributed by atoms with Crippen molar-refractivity contribution < 1.29 is 65.3 Å². The number of hydrogen-bond acceptors (Lipinski definition) is 4. The number of carboxylic acids is 1. The molecule has 0 aromatic rings. The van der Waals surface area contributed by atoms with Crippen LogP contribution in [0.1, 0.15) is 0 Å². The molecule has 1 radical (unpaired) electrons. The van der Waals surface area contributed by atoms with Crippen LogP contribution in [0.2, 0.25) is 0 Å². The van der Waals surface area contributed by atoms with E-state index in [0.717, 1.165) is 0 Å². The summed E-state index contributed by atoms with van der Waals surface area (Å²) in [6.45, 7) is 0. The molecule has 0 aliphatic carbocycles. The first-order valence-corrected chi connectivity index (χ1v) is 2.61. The number of rotatable bonds is 2. The molecule has 7 nitrogen and oxygen atoms in total. The minimum Gasteiger partial charge on any atom is -0.514 e. The maximum absolute atomic E-state index is 10.5. The van der Waals surface area contributed by atoms with Crippen molar-refractivity contribution in [1.82, 2.24) is 5.32 Å². The van der Waals surface area contributed by atoms with Crippen molar-refractivity contribution in [1.29, 1.82) is 0 Å². The Labute approximate surface area is 100 Å². The number of nitrogens with one attached hydrogen (secondary N) is 1. The fourth-order valence-corrected chi connectivity index (χ4v) is 0.375. The van der Waals surface area contributed by atoms with Gasteiger partial charge in [0.05, 0.1) is 6.26 Å². The van der Waals surface area contributed by atoms with Crippen molar-refractivity contribution in [3.63, 3.8) is 0 Å². The van der Waals surface area contributed by atoms with Gasteiger partial charge in [0.25, 0.3) is 5.91 Å². The molecule has 0 aromatic heterocycles. The molecule has 4 N–H and O–H groups in total. The Morgan fingerprint density at radius 3 is 1.85 bits per heavy atom. The SMILES string of the molecule is O=C(O)NC(=O)/C(=C\O)C(=O)O.[La]. The zero-order valence-corrected chi connectivity index (χ0v) is 9.85. The van der Waals surface area contributed by atoms with Gasteiger partial charge in [-0.1, -0.05) is 0 Å². The van der Waals surface area contributed by atoms with Gasteiger partial charge >= 0.3 is 12.1 Å². The predicted molar refractivity (Wildman–Crippen MR) is 34.5 cm³/mol. The van der Waals surface area contributed by atoms with Crippen molar-refractivity contribution in [3.05, 3.63) is 11.8 Å². The molecule has 13 heavy (non-hydrogen) atoms. The van der Waals surface area contributed by atoms with E-state index >= 15 is 0 Å². The zero-order chi connectivity index (χ0) is 9.72. The van der Waals surface area contributed by atoms with E-state index in [0.29, 0.717) is 0 Å². The second-order valence-electron chi connectivity index (χ2n) is 1.61. The first kappa shape index (κ1) is 14.7. The molecule has 0 spiro atoms. The molecular formula is C5H5LaNO6. The number of carboxylic acid groups (broad SMARTS) is 2. The van der Waals surface area contributed by atoms with Gasteiger partial charge in [-0.2, -0.15) is 0 Å². The second kappa shape index (κ2) is 6.64. The Hall–Kier alpha value is -0.855. The largest absolute Gasteiger partial charge is 0.514 e. The number of imide groups is 1. The van der Waals surface area contributed by atoms with Crippen LogP contribution in [0.5, 0.6) is 0 Å². The third-order valence-corrected chi connectivity index (χ3v) is 0.825. The van der Waals surface area contributed by atoms with Crippen LogP contribution in [0.4, 0.5) is 4.79 Å². The minimum atomic E-state index is -1.71. The number of hydrogen-bond donors (Lipinski definition) is 4. The number of carbonyl (C=O) groups is 3. The van der Waals surface area contributed by atoms with Crippen LogP contribution in [0, 0.1) is 35.6 Å². The van der Waals surface area contributed by atoms with Crippen molar-refractivity contribution in [2.45, 2.75) is 0 Å². The van der Waals surface area contributed by atoms with E-state index in [9.17, 15) is 14.4 Å². The number of aliphatic hydroxyl groups is 1. The third-order valence-electron chi connectivity index (χ3n) is 0.825.